The highest BCUT2D eigenvalue weighted by Crippen LogP contribution is 2.47. The lowest BCUT2D eigenvalue weighted by atomic mass is 9.82. The van der Waals surface area contributed by atoms with Gasteiger partial charge in [-0.3, -0.25) is 4.79 Å². The van der Waals surface area contributed by atoms with Gasteiger partial charge in [0.25, 0.3) is 0 Å². The quantitative estimate of drug-likeness (QED) is 0.408. The summed E-state index contributed by atoms with van der Waals surface area (Å²) in [4.78, 5) is 22.8. The largest absolute Gasteiger partial charge is 0.479 e. The summed E-state index contributed by atoms with van der Waals surface area (Å²) in [7, 11) is 0. The molecule has 0 saturated heterocycles. The van der Waals surface area contributed by atoms with Gasteiger partial charge in [0.1, 0.15) is 5.78 Å². The second-order valence-corrected chi connectivity index (χ2v) is 9.36. The van der Waals surface area contributed by atoms with E-state index in [9.17, 15) is 24.2 Å². The first kappa shape index (κ1) is 23.3. The Labute approximate surface area is 167 Å². The average Bonchev–Trinajstić information content (AvgIpc) is 3.29. The number of carboxylic acids is 1. The third kappa shape index (κ3) is 6.80. The molecule has 7 atom stereocenters. The van der Waals surface area contributed by atoms with Gasteiger partial charge in [-0.25, -0.2) is 9.18 Å². The number of ketones is 1. The predicted molar refractivity (Wildman–Crippen MR) is 105 cm³/mol. The summed E-state index contributed by atoms with van der Waals surface area (Å²) < 4.78 is 13.1. The zero-order valence-corrected chi connectivity index (χ0v) is 17.3. The topological polar surface area (TPSA) is 94.8 Å². The average molecular weight is 401 g/mol. The van der Waals surface area contributed by atoms with Crippen LogP contribution in [0.25, 0.3) is 0 Å². The molecular formula is C22H37FO5. The van der Waals surface area contributed by atoms with Crippen LogP contribution in [0.5, 0.6) is 0 Å². The third-order valence-corrected chi connectivity index (χ3v) is 6.89. The molecule has 0 aromatic heterocycles. The molecule has 2 fully saturated rings. The van der Waals surface area contributed by atoms with Gasteiger partial charge in [0, 0.05) is 12.3 Å². The van der Waals surface area contributed by atoms with Crippen molar-refractivity contribution in [2.75, 3.05) is 0 Å². The molecule has 0 aromatic carbocycles. The number of Topliss-reactive ketones (excluding diaryl/α,β-unsaturated/α-hetero) is 1. The molecule has 0 bridgehead atoms. The number of rotatable bonds is 13. The van der Waals surface area contributed by atoms with E-state index < -0.39 is 23.8 Å². The van der Waals surface area contributed by atoms with Crippen LogP contribution in [-0.4, -0.2) is 44.9 Å². The van der Waals surface area contributed by atoms with Crippen LogP contribution in [0.4, 0.5) is 4.39 Å². The van der Waals surface area contributed by atoms with Crippen LogP contribution in [0.1, 0.15) is 84.5 Å². The number of unbranched alkanes of at least 4 members (excludes halogenated alkanes) is 2. The molecule has 4 unspecified atom stereocenters. The number of halogens is 1. The van der Waals surface area contributed by atoms with Crippen molar-refractivity contribution in [3.8, 4) is 0 Å². The van der Waals surface area contributed by atoms with E-state index >= 15 is 0 Å². The van der Waals surface area contributed by atoms with Crippen LogP contribution in [0.2, 0.25) is 0 Å². The smallest absolute Gasteiger partial charge is 0.338 e. The highest BCUT2D eigenvalue weighted by Gasteiger charge is 2.43. The van der Waals surface area contributed by atoms with Crippen molar-refractivity contribution >= 4 is 11.8 Å². The van der Waals surface area contributed by atoms with E-state index in [0.29, 0.717) is 38.0 Å². The SMILES string of the molecule is CCC1CC1CC(C)(O)CC[C@H]1[C@H](O)CC(=O)[C@@H]1CCCCCC(F)C(=O)O. The van der Waals surface area contributed by atoms with Gasteiger partial charge in [-0.15, -0.1) is 0 Å². The summed E-state index contributed by atoms with van der Waals surface area (Å²) in [6.45, 7) is 4.05. The van der Waals surface area contributed by atoms with E-state index in [0.717, 1.165) is 25.2 Å². The minimum absolute atomic E-state index is 0.00277. The van der Waals surface area contributed by atoms with Crippen molar-refractivity contribution < 1.29 is 29.3 Å². The Kier molecular flexibility index (Phi) is 8.44. The number of hydrogen-bond donors (Lipinski definition) is 3. The van der Waals surface area contributed by atoms with E-state index in [1.165, 1.54) is 6.42 Å². The number of hydrogen-bond acceptors (Lipinski definition) is 4. The third-order valence-electron chi connectivity index (χ3n) is 6.89. The number of aliphatic carboxylic acids is 1. The molecule has 0 radical (unpaired) electrons. The van der Waals surface area contributed by atoms with Crippen LogP contribution < -0.4 is 0 Å². The molecule has 2 rings (SSSR count). The molecule has 162 valence electrons. The molecule has 6 heteroatoms. The minimum atomic E-state index is -1.82. The van der Waals surface area contributed by atoms with Gasteiger partial charge >= 0.3 is 5.97 Å². The number of aliphatic hydroxyl groups excluding tert-OH is 1. The van der Waals surface area contributed by atoms with Crippen LogP contribution in [0, 0.1) is 23.7 Å². The predicted octanol–water partition coefficient (Wildman–Crippen LogP) is 3.89. The highest BCUT2D eigenvalue weighted by atomic mass is 19.1. The molecule has 3 N–H and O–H groups in total. The van der Waals surface area contributed by atoms with Crippen molar-refractivity contribution in [1.29, 1.82) is 0 Å². The van der Waals surface area contributed by atoms with Crippen LogP contribution in [0.15, 0.2) is 0 Å². The summed E-state index contributed by atoms with van der Waals surface area (Å²) in [6, 6.07) is 0. The Morgan fingerprint density at radius 2 is 1.96 bits per heavy atom. The summed E-state index contributed by atoms with van der Waals surface area (Å²) in [6.07, 6.45) is 4.64. The molecule has 2 aliphatic rings. The van der Waals surface area contributed by atoms with E-state index in [4.69, 9.17) is 5.11 Å². The first-order valence-corrected chi connectivity index (χ1v) is 10.9. The molecule has 28 heavy (non-hydrogen) atoms. The fourth-order valence-corrected chi connectivity index (χ4v) is 4.98. The number of carbonyl (C=O) groups is 2. The van der Waals surface area contributed by atoms with Gasteiger partial charge in [0.05, 0.1) is 11.7 Å². The van der Waals surface area contributed by atoms with Crippen molar-refractivity contribution in [2.24, 2.45) is 23.7 Å². The van der Waals surface area contributed by atoms with Crippen molar-refractivity contribution in [3.63, 3.8) is 0 Å². The fourth-order valence-electron chi connectivity index (χ4n) is 4.98. The molecule has 0 spiro atoms. The van der Waals surface area contributed by atoms with Crippen LogP contribution in [-0.2, 0) is 9.59 Å². The maximum Gasteiger partial charge on any atom is 0.338 e. The lowest BCUT2D eigenvalue weighted by Gasteiger charge is -2.28. The van der Waals surface area contributed by atoms with Gasteiger partial charge in [-0.1, -0.05) is 26.2 Å². The van der Waals surface area contributed by atoms with Gasteiger partial charge in [0.2, 0.25) is 0 Å². The Hall–Kier alpha value is -1.01. The Balaban J connectivity index is 1.74. The normalized spacial score (nSPS) is 32.9. The monoisotopic (exact) mass is 400 g/mol. The van der Waals surface area contributed by atoms with Gasteiger partial charge < -0.3 is 15.3 Å². The Morgan fingerprint density at radius 1 is 1.25 bits per heavy atom. The summed E-state index contributed by atoms with van der Waals surface area (Å²) in [5.41, 5.74) is -0.753. The second-order valence-electron chi connectivity index (χ2n) is 9.36. The molecule has 0 heterocycles. The first-order valence-electron chi connectivity index (χ1n) is 10.9. The lowest BCUT2D eigenvalue weighted by Crippen LogP contribution is -2.29. The highest BCUT2D eigenvalue weighted by molar-refractivity contribution is 5.84. The van der Waals surface area contributed by atoms with Crippen LogP contribution >= 0.6 is 0 Å². The summed E-state index contributed by atoms with van der Waals surface area (Å²) in [5, 5.41) is 29.6. The van der Waals surface area contributed by atoms with Crippen LogP contribution in [0.3, 0.4) is 0 Å². The molecular weight excluding hydrogens is 363 g/mol. The van der Waals surface area contributed by atoms with Crippen molar-refractivity contribution in [3.05, 3.63) is 0 Å². The van der Waals surface area contributed by atoms with Crippen molar-refractivity contribution in [1.82, 2.24) is 0 Å². The summed E-state index contributed by atoms with van der Waals surface area (Å²) in [5.74, 6) is -0.306. The number of aliphatic hydroxyl groups is 2. The fraction of sp³-hybridized carbons (Fsp3) is 0.909. The molecule has 2 saturated carbocycles. The van der Waals surface area contributed by atoms with Gasteiger partial charge in [-0.2, -0.15) is 0 Å². The molecule has 0 amide bonds. The minimum Gasteiger partial charge on any atom is -0.479 e. The Bertz CT molecular complexity index is 535. The molecule has 0 aromatic rings. The second kappa shape index (κ2) is 10.1. The summed E-state index contributed by atoms with van der Waals surface area (Å²) >= 11 is 0. The maximum atomic E-state index is 13.1. The standard InChI is InChI=1S/C22H37FO5/c1-3-14-11-15(14)13-22(2,28)10-9-17-16(19(24)12-20(17)25)7-5-4-6-8-18(23)21(26)27/h14-18,20,25,28H,3-13H2,1-2H3,(H,26,27)/t14?,15?,16-,17-,18?,20-,22?/m1/s1. The van der Waals surface area contributed by atoms with E-state index in [1.807, 2.05) is 6.92 Å². The zero-order chi connectivity index (χ0) is 20.9. The Morgan fingerprint density at radius 3 is 2.57 bits per heavy atom. The van der Waals surface area contributed by atoms with Crippen molar-refractivity contribution in [2.45, 2.75) is 102 Å². The van der Waals surface area contributed by atoms with E-state index in [1.54, 1.807) is 0 Å². The molecule has 2 aliphatic carbocycles. The van der Waals surface area contributed by atoms with Gasteiger partial charge in [-0.05, 0) is 69.6 Å². The number of alkyl halides is 1. The number of carbonyl (C=O) groups excluding carboxylic acids is 1. The zero-order valence-electron chi connectivity index (χ0n) is 17.3. The van der Waals surface area contributed by atoms with E-state index in [-0.39, 0.29) is 30.5 Å². The number of carboxylic acid groups (broad SMARTS) is 1. The lowest BCUT2D eigenvalue weighted by molar-refractivity contribution is -0.143. The maximum absolute atomic E-state index is 13.1. The molecule has 0 aliphatic heterocycles. The van der Waals surface area contributed by atoms with E-state index in [2.05, 4.69) is 6.92 Å². The molecule has 5 nitrogen and oxygen atoms in total. The first-order chi connectivity index (χ1) is 13.1. The van der Waals surface area contributed by atoms with Gasteiger partial charge in [0.15, 0.2) is 6.17 Å².